The molecule has 1 amide bonds. The SMILES string of the molecule is O=C(O)C1CC(S(=O)(=O)c2ccc(N3CCC(F)(F)C3)cc2C(F)(F)F)CC1C(=O)N1CC(F)(F)C1. The third kappa shape index (κ3) is 4.85. The standard InChI is InChI=1S/C21H21F7N2O5S/c22-19(23)3-4-29(8-19)11-1-2-16(15(5-11)21(26,27)28)36(34,35)12-6-13(14(7-12)18(32)33)17(31)30-9-20(24,25)10-30/h1-2,5,12-14H,3-4,6-10H2,(H,32,33). The Bertz CT molecular complexity index is 1180. The Kier molecular flexibility index (Phi) is 6.24. The number of rotatable bonds is 5. The van der Waals surface area contributed by atoms with Gasteiger partial charge in [-0.3, -0.25) is 9.59 Å². The summed E-state index contributed by atoms with van der Waals surface area (Å²) in [7, 11) is -4.85. The van der Waals surface area contributed by atoms with Crippen LogP contribution in [0, 0.1) is 11.8 Å². The Morgan fingerprint density at radius 2 is 1.58 bits per heavy atom. The average Bonchev–Trinajstić information content (AvgIpc) is 3.34. The lowest BCUT2D eigenvalue weighted by Gasteiger charge is -2.40. The molecule has 0 spiro atoms. The number of carboxylic acid groups (broad SMARTS) is 1. The molecule has 200 valence electrons. The predicted octanol–water partition coefficient (Wildman–Crippen LogP) is 3.28. The van der Waals surface area contributed by atoms with Gasteiger partial charge in [0.1, 0.15) is 0 Å². The minimum absolute atomic E-state index is 0.237. The molecule has 4 rings (SSSR count). The lowest BCUT2D eigenvalue weighted by Crippen LogP contribution is -2.60. The summed E-state index contributed by atoms with van der Waals surface area (Å²) in [6.45, 7) is -2.99. The molecule has 0 bridgehead atoms. The van der Waals surface area contributed by atoms with E-state index in [0.717, 1.165) is 11.0 Å². The van der Waals surface area contributed by atoms with E-state index in [4.69, 9.17) is 0 Å². The van der Waals surface area contributed by atoms with Crippen molar-refractivity contribution in [3.8, 4) is 0 Å². The molecule has 3 fully saturated rings. The molecule has 1 aliphatic carbocycles. The molecule has 1 aromatic rings. The van der Waals surface area contributed by atoms with Gasteiger partial charge in [-0.25, -0.2) is 26.0 Å². The maximum absolute atomic E-state index is 13.9. The number of carbonyl (C=O) groups excluding carboxylic acids is 1. The average molecular weight is 546 g/mol. The number of alkyl halides is 7. The van der Waals surface area contributed by atoms with Crippen molar-refractivity contribution in [2.45, 2.75) is 47.4 Å². The number of nitrogens with zero attached hydrogens (tertiary/aromatic N) is 2. The lowest BCUT2D eigenvalue weighted by atomic mass is 9.93. The molecular formula is C21H21F7N2O5S. The summed E-state index contributed by atoms with van der Waals surface area (Å²) >= 11 is 0. The second-order valence-corrected chi connectivity index (χ2v) is 11.6. The molecular weight excluding hydrogens is 525 g/mol. The van der Waals surface area contributed by atoms with Crippen LogP contribution in [0.5, 0.6) is 0 Å². The van der Waals surface area contributed by atoms with Crippen molar-refractivity contribution in [1.82, 2.24) is 4.90 Å². The van der Waals surface area contributed by atoms with E-state index >= 15 is 0 Å². The number of sulfone groups is 1. The highest BCUT2D eigenvalue weighted by Gasteiger charge is 2.54. The second kappa shape index (κ2) is 8.48. The minimum Gasteiger partial charge on any atom is -0.481 e. The number of likely N-dealkylation sites (tertiary alicyclic amines) is 1. The van der Waals surface area contributed by atoms with Gasteiger partial charge in [0.2, 0.25) is 5.91 Å². The van der Waals surface area contributed by atoms with Crippen molar-refractivity contribution in [2.75, 3.05) is 31.1 Å². The minimum atomic E-state index is -5.19. The predicted molar refractivity (Wildman–Crippen MR) is 110 cm³/mol. The van der Waals surface area contributed by atoms with Crippen molar-refractivity contribution in [3.63, 3.8) is 0 Å². The zero-order valence-corrected chi connectivity index (χ0v) is 19.3. The van der Waals surface area contributed by atoms with E-state index in [1.54, 1.807) is 0 Å². The number of carboxylic acids is 1. The van der Waals surface area contributed by atoms with Crippen molar-refractivity contribution in [1.29, 1.82) is 0 Å². The fraction of sp³-hybridized carbons (Fsp3) is 0.619. The number of benzene rings is 1. The number of anilines is 1. The Labute approximate surface area is 200 Å². The van der Waals surface area contributed by atoms with Gasteiger partial charge in [0.05, 0.1) is 47.2 Å². The Balaban J connectivity index is 1.64. The molecule has 36 heavy (non-hydrogen) atoms. The fourth-order valence-corrected chi connectivity index (χ4v) is 7.03. The van der Waals surface area contributed by atoms with Crippen LogP contribution in [0.1, 0.15) is 24.8 Å². The fourth-order valence-electron chi connectivity index (χ4n) is 5.01. The van der Waals surface area contributed by atoms with Crippen LogP contribution in [0.4, 0.5) is 36.4 Å². The molecule has 1 N–H and O–H groups in total. The van der Waals surface area contributed by atoms with Crippen LogP contribution in [-0.4, -0.2) is 73.6 Å². The third-order valence-corrected chi connectivity index (χ3v) is 9.09. The van der Waals surface area contributed by atoms with Gasteiger partial charge in [-0.1, -0.05) is 0 Å². The van der Waals surface area contributed by atoms with Crippen LogP contribution in [0.15, 0.2) is 23.1 Å². The van der Waals surface area contributed by atoms with E-state index in [9.17, 15) is 53.8 Å². The quantitative estimate of drug-likeness (QED) is 0.570. The van der Waals surface area contributed by atoms with Crippen LogP contribution in [0.2, 0.25) is 0 Å². The topological polar surface area (TPSA) is 95.0 Å². The summed E-state index contributed by atoms with van der Waals surface area (Å²) in [5.41, 5.74) is -1.85. The van der Waals surface area contributed by atoms with E-state index in [-0.39, 0.29) is 12.2 Å². The lowest BCUT2D eigenvalue weighted by molar-refractivity contribution is -0.172. The first-order chi connectivity index (χ1) is 16.4. The highest BCUT2D eigenvalue weighted by Crippen LogP contribution is 2.45. The maximum atomic E-state index is 13.9. The number of amides is 1. The zero-order valence-electron chi connectivity index (χ0n) is 18.4. The van der Waals surface area contributed by atoms with Crippen molar-refractivity contribution < 1.29 is 53.8 Å². The Hall–Kier alpha value is -2.58. The summed E-state index contributed by atoms with van der Waals surface area (Å²) < 4.78 is 122. The molecule has 15 heteroatoms. The summed E-state index contributed by atoms with van der Waals surface area (Å²) in [5, 5.41) is 7.79. The van der Waals surface area contributed by atoms with Crippen LogP contribution < -0.4 is 4.90 Å². The number of aliphatic carboxylic acids is 1. The highest BCUT2D eigenvalue weighted by molar-refractivity contribution is 7.92. The molecule has 0 radical (unpaired) electrons. The highest BCUT2D eigenvalue weighted by atomic mass is 32.2. The van der Waals surface area contributed by atoms with E-state index in [1.165, 1.54) is 0 Å². The summed E-state index contributed by atoms with van der Waals surface area (Å²) in [6.07, 6.45) is -7.11. The number of hydrogen-bond donors (Lipinski definition) is 1. The smallest absolute Gasteiger partial charge is 0.417 e. The van der Waals surface area contributed by atoms with Crippen molar-refractivity contribution >= 4 is 27.4 Å². The first-order valence-electron chi connectivity index (χ1n) is 10.9. The maximum Gasteiger partial charge on any atom is 0.417 e. The first kappa shape index (κ1) is 26.5. The molecule has 0 aromatic heterocycles. The van der Waals surface area contributed by atoms with Gasteiger partial charge >= 0.3 is 12.1 Å². The van der Waals surface area contributed by atoms with Crippen LogP contribution in [0.25, 0.3) is 0 Å². The Morgan fingerprint density at radius 1 is 0.972 bits per heavy atom. The molecule has 2 saturated heterocycles. The van der Waals surface area contributed by atoms with E-state index in [2.05, 4.69) is 0 Å². The summed E-state index contributed by atoms with van der Waals surface area (Å²) in [5.74, 6) is -11.9. The molecule has 3 unspecified atom stereocenters. The normalized spacial score (nSPS) is 27.7. The molecule has 2 heterocycles. The number of carbonyl (C=O) groups is 2. The molecule has 3 atom stereocenters. The van der Waals surface area contributed by atoms with Gasteiger partial charge < -0.3 is 14.9 Å². The second-order valence-electron chi connectivity index (χ2n) is 9.45. The van der Waals surface area contributed by atoms with Crippen molar-refractivity contribution in [3.05, 3.63) is 23.8 Å². The van der Waals surface area contributed by atoms with Crippen LogP contribution in [0.3, 0.4) is 0 Å². The van der Waals surface area contributed by atoms with E-state index in [1.807, 2.05) is 0 Å². The molecule has 3 aliphatic rings. The Morgan fingerprint density at radius 3 is 2.08 bits per heavy atom. The van der Waals surface area contributed by atoms with Gasteiger partial charge in [-0.05, 0) is 31.0 Å². The number of hydrogen-bond acceptors (Lipinski definition) is 5. The molecule has 2 aliphatic heterocycles. The molecule has 7 nitrogen and oxygen atoms in total. The van der Waals surface area contributed by atoms with Crippen molar-refractivity contribution in [2.24, 2.45) is 11.8 Å². The third-order valence-electron chi connectivity index (χ3n) is 6.86. The van der Waals surface area contributed by atoms with Gasteiger partial charge in [0, 0.05) is 18.7 Å². The zero-order chi connectivity index (χ0) is 26.8. The first-order valence-corrected chi connectivity index (χ1v) is 12.4. The van der Waals surface area contributed by atoms with E-state index < -0.39 is 106 Å². The number of halogens is 7. The van der Waals surface area contributed by atoms with Crippen LogP contribution >= 0.6 is 0 Å². The van der Waals surface area contributed by atoms with Gasteiger partial charge in [0.15, 0.2) is 9.84 Å². The van der Waals surface area contributed by atoms with Gasteiger partial charge in [-0.2, -0.15) is 13.2 Å². The van der Waals surface area contributed by atoms with Crippen LogP contribution in [-0.2, 0) is 25.6 Å². The van der Waals surface area contributed by atoms with E-state index in [0.29, 0.717) is 17.0 Å². The molecule has 1 aromatic carbocycles. The van der Waals surface area contributed by atoms with Gasteiger partial charge in [0.25, 0.3) is 11.8 Å². The summed E-state index contributed by atoms with van der Waals surface area (Å²) in [6, 6.07) is 2.07. The van der Waals surface area contributed by atoms with Gasteiger partial charge in [-0.15, -0.1) is 0 Å². The summed E-state index contributed by atoms with van der Waals surface area (Å²) in [4.78, 5) is 24.8. The monoisotopic (exact) mass is 546 g/mol. The largest absolute Gasteiger partial charge is 0.481 e. The molecule has 1 saturated carbocycles.